The van der Waals surface area contributed by atoms with Gasteiger partial charge in [-0.1, -0.05) is 36.4 Å². The van der Waals surface area contributed by atoms with E-state index in [1.165, 1.54) is 22.4 Å². The molecule has 5 rings (SSSR count). The number of benzene rings is 1. The van der Waals surface area contributed by atoms with Gasteiger partial charge in [0.15, 0.2) is 5.69 Å². The predicted octanol–water partition coefficient (Wildman–Crippen LogP) is 3.02. The normalized spacial score (nSPS) is 22.2. The molecule has 3 aliphatic rings. The maximum absolute atomic E-state index is 13.3. The summed E-state index contributed by atoms with van der Waals surface area (Å²) in [6, 6.07) is 11.2. The van der Waals surface area contributed by atoms with Crippen molar-refractivity contribution in [2.45, 2.75) is 45.2 Å². The molecular formula is C25H32N4O2. The number of aryl methyl sites for hydroxylation is 1. The highest BCUT2D eigenvalue weighted by molar-refractivity contribution is 5.94. The molecular weight excluding hydrogens is 388 g/mol. The Balaban J connectivity index is 1.33. The lowest BCUT2D eigenvalue weighted by molar-refractivity contribution is 0.0297. The number of rotatable bonds is 4. The lowest BCUT2D eigenvalue weighted by atomic mass is 9.88. The van der Waals surface area contributed by atoms with Crippen LogP contribution in [0.25, 0.3) is 5.57 Å². The second-order valence-corrected chi connectivity index (χ2v) is 8.73. The molecule has 0 unspecified atom stereocenters. The molecule has 6 heteroatoms. The predicted molar refractivity (Wildman–Crippen MR) is 121 cm³/mol. The number of carbonyl (C=O) groups is 1. The Labute approximate surface area is 184 Å². The summed E-state index contributed by atoms with van der Waals surface area (Å²) in [5.74, 6) is 0.0808. The standard InChI is InChI=1S/C25H32N4O2/c1-2-29-23-9-8-21(27-12-10-20(11-13-27)19-6-4-3-5-7-19)18-22(23)24(26-29)25(30)28-14-16-31-17-15-28/h3-7,10,21H,2,8-9,11-18H2,1H3/t21-/m0/s1. The second kappa shape index (κ2) is 8.97. The van der Waals surface area contributed by atoms with Gasteiger partial charge in [-0.2, -0.15) is 5.10 Å². The van der Waals surface area contributed by atoms with Crippen LogP contribution in [0.3, 0.4) is 0 Å². The van der Waals surface area contributed by atoms with Crippen molar-refractivity contribution in [3.8, 4) is 0 Å². The van der Waals surface area contributed by atoms with Gasteiger partial charge in [-0.15, -0.1) is 0 Å². The Morgan fingerprint density at radius 2 is 1.94 bits per heavy atom. The van der Waals surface area contributed by atoms with E-state index < -0.39 is 0 Å². The van der Waals surface area contributed by atoms with Gasteiger partial charge in [-0.3, -0.25) is 14.4 Å². The van der Waals surface area contributed by atoms with E-state index in [1.807, 2.05) is 4.90 Å². The van der Waals surface area contributed by atoms with E-state index in [-0.39, 0.29) is 5.91 Å². The zero-order chi connectivity index (χ0) is 21.2. The Morgan fingerprint density at radius 1 is 1.13 bits per heavy atom. The Bertz CT molecular complexity index is 959. The van der Waals surface area contributed by atoms with E-state index in [2.05, 4.69) is 52.9 Å². The van der Waals surface area contributed by atoms with E-state index in [4.69, 9.17) is 9.84 Å². The summed E-state index contributed by atoms with van der Waals surface area (Å²) in [6.07, 6.45) is 6.54. The molecule has 164 valence electrons. The van der Waals surface area contributed by atoms with Crippen molar-refractivity contribution in [2.24, 2.45) is 0 Å². The van der Waals surface area contributed by atoms with Gasteiger partial charge in [-0.25, -0.2) is 0 Å². The van der Waals surface area contributed by atoms with Crippen LogP contribution in [0.2, 0.25) is 0 Å². The summed E-state index contributed by atoms with van der Waals surface area (Å²) in [6.45, 7) is 7.56. The average molecular weight is 421 g/mol. The van der Waals surface area contributed by atoms with Crippen molar-refractivity contribution in [3.05, 3.63) is 58.9 Å². The third-order valence-corrected chi connectivity index (χ3v) is 7.02. The maximum atomic E-state index is 13.3. The molecule has 2 aliphatic heterocycles. The minimum atomic E-state index is 0.0808. The van der Waals surface area contributed by atoms with Gasteiger partial charge in [0.25, 0.3) is 5.91 Å². The van der Waals surface area contributed by atoms with Crippen molar-refractivity contribution in [2.75, 3.05) is 39.4 Å². The zero-order valence-corrected chi connectivity index (χ0v) is 18.4. The number of hydrogen-bond acceptors (Lipinski definition) is 4. The first-order chi connectivity index (χ1) is 15.2. The van der Waals surface area contributed by atoms with E-state index in [9.17, 15) is 4.79 Å². The molecule has 1 aliphatic carbocycles. The number of morpholine rings is 1. The summed E-state index contributed by atoms with van der Waals surface area (Å²) in [5.41, 5.74) is 5.94. The first-order valence-corrected chi connectivity index (χ1v) is 11.7. The average Bonchev–Trinajstić information content (AvgIpc) is 3.23. The number of ether oxygens (including phenoxy) is 1. The first-order valence-electron chi connectivity index (χ1n) is 11.7. The fourth-order valence-corrected chi connectivity index (χ4v) is 5.26. The van der Waals surface area contributed by atoms with E-state index in [0.717, 1.165) is 45.3 Å². The third kappa shape index (κ3) is 4.06. The first kappa shape index (κ1) is 20.5. The second-order valence-electron chi connectivity index (χ2n) is 8.73. The van der Waals surface area contributed by atoms with Crippen LogP contribution >= 0.6 is 0 Å². The number of amides is 1. The number of fused-ring (bicyclic) bond motifs is 1. The number of nitrogens with zero attached hydrogens (tertiary/aromatic N) is 4. The van der Waals surface area contributed by atoms with E-state index in [0.29, 0.717) is 38.0 Å². The Hall–Kier alpha value is -2.44. The number of hydrogen-bond donors (Lipinski definition) is 0. The minimum Gasteiger partial charge on any atom is -0.378 e. The quantitative estimate of drug-likeness (QED) is 0.763. The van der Waals surface area contributed by atoms with Crippen molar-refractivity contribution < 1.29 is 9.53 Å². The van der Waals surface area contributed by atoms with Gasteiger partial charge in [0.1, 0.15) is 0 Å². The van der Waals surface area contributed by atoms with E-state index >= 15 is 0 Å². The minimum absolute atomic E-state index is 0.0808. The Kier molecular flexibility index (Phi) is 5.92. The summed E-state index contributed by atoms with van der Waals surface area (Å²) < 4.78 is 7.49. The van der Waals surface area contributed by atoms with Crippen molar-refractivity contribution in [1.29, 1.82) is 0 Å². The van der Waals surface area contributed by atoms with Crippen LogP contribution in [-0.2, 0) is 24.1 Å². The highest BCUT2D eigenvalue weighted by Crippen LogP contribution is 2.31. The van der Waals surface area contributed by atoms with Gasteiger partial charge in [-0.05, 0) is 43.7 Å². The molecule has 0 N–H and O–H groups in total. The molecule has 6 nitrogen and oxygen atoms in total. The molecule has 1 amide bonds. The van der Waals surface area contributed by atoms with Gasteiger partial charge in [0.2, 0.25) is 0 Å². The largest absolute Gasteiger partial charge is 0.378 e. The molecule has 0 radical (unpaired) electrons. The summed E-state index contributed by atoms with van der Waals surface area (Å²) in [5, 5.41) is 4.77. The smallest absolute Gasteiger partial charge is 0.274 e. The van der Waals surface area contributed by atoms with Crippen molar-refractivity contribution in [1.82, 2.24) is 19.6 Å². The van der Waals surface area contributed by atoms with E-state index in [1.54, 1.807) is 0 Å². The Morgan fingerprint density at radius 3 is 2.65 bits per heavy atom. The molecule has 1 saturated heterocycles. The molecule has 1 aromatic heterocycles. The summed E-state index contributed by atoms with van der Waals surface area (Å²) >= 11 is 0. The fourth-order valence-electron chi connectivity index (χ4n) is 5.26. The molecule has 1 aromatic carbocycles. The van der Waals surface area contributed by atoms with Crippen LogP contribution < -0.4 is 0 Å². The lowest BCUT2D eigenvalue weighted by Gasteiger charge is -2.36. The monoisotopic (exact) mass is 420 g/mol. The van der Waals surface area contributed by atoms with Gasteiger partial charge >= 0.3 is 0 Å². The zero-order valence-electron chi connectivity index (χ0n) is 18.4. The fraction of sp³-hybridized carbons (Fsp3) is 0.520. The summed E-state index contributed by atoms with van der Waals surface area (Å²) in [4.78, 5) is 17.8. The molecule has 1 atom stereocenters. The van der Waals surface area contributed by atoms with Crippen LogP contribution in [0.15, 0.2) is 36.4 Å². The molecule has 0 bridgehead atoms. The number of aromatic nitrogens is 2. The van der Waals surface area contributed by atoms with Crippen LogP contribution in [0, 0.1) is 0 Å². The molecule has 31 heavy (non-hydrogen) atoms. The highest BCUT2D eigenvalue weighted by Gasteiger charge is 2.33. The van der Waals surface area contributed by atoms with Crippen molar-refractivity contribution in [3.63, 3.8) is 0 Å². The number of carbonyl (C=O) groups excluding carboxylic acids is 1. The molecule has 3 heterocycles. The SMILES string of the molecule is CCn1nc(C(=O)N2CCOCC2)c2c1CC[C@H](N1CC=C(c3ccccc3)CC1)C2. The molecule has 0 saturated carbocycles. The van der Waals surface area contributed by atoms with Gasteiger partial charge in [0.05, 0.1) is 13.2 Å². The maximum Gasteiger partial charge on any atom is 0.274 e. The summed E-state index contributed by atoms with van der Waals surface area (Å²) in [7, 11) is 0. The topological polar surface area (TPSA) is 50.6 Å². The molecule has 0 spiro atoms. The van der Waals surface area contributed by atoms with Crippen molar-refractivity contribution >= 4 is 11.5 Å². The third-order valence-electron chi connectivity index (χ3n) is 7.02. The van der Waals surface area contributed by atoms with Crippen LogP contribution in [-0.4, -0.2) is 70.9 Å². The van der Waals surface area contributed by atoms with Crippen LogP contribution in [0.4, 0.5) is 0 Å². The van der Waals surface area contributed by atoms with Crippen LogP contribution in [0.5, 0.6) is 0 Å². The lowest BCUT2D eigenvalue weighted by Crippen LogP contribution is -2.43. The molecule has 2 aromatic rings. The van der Waals surface area contributed by atoms with Gasteiger partial charge in [0, 0.05) is 50.0 Å². The molecule has 1 fully saturated rings. The van der Waals surface area contributed by atoms with Crippen LogP contribution in [0.1, 0.15) is 47.1 Å². The highest BCUT2D eigenvalue weighted by atomic mass is 16.5. The van der Waals surface area contributed by atoms with Gasteiger partial charge < -0.3 is 9.64 Å².